The van der Waals surface area contributed by atoms with Crippen LogP contribution in [0.5, 0.6) is 0 Å². The van der Waals surface area contributed by atoms with Crippen LogP contribution in [0.25, 0.3) is 188 Å². The number of nitrogens with one attached hydrogen (secondary N) is 4. The summed E-state index contributed by atoms with van der Waals surface area (Å²) in [5, 5.41) is 0. The molecule has 14 aromatic rings. The summed E-state index contributed by atoms with van der Waals surface area (Å²) in [6.07, 6.45) is 18.1. The molecule has 9 nitrogen and oxygen atoms in total. The molecule has 16 bridgehead atoms. The summed E-state index contributed by atoms with van der Waals surface area (Å²) in [6, 6.07) is 75.5. The van der Waals surface area contributed by atoms with E-state index in [1.54, 1.807) is 0 Å². The van der Waals surface area contributed by atoms with Gasteiger partial charge in [-0.2, -0.15) is 0 Å². The highest BCUT2D eigenvalue weighted by molar-refractivity contribution is 9.10. The van der Waals surface area contributed by atoms with Gasteiger partial charge in [0.05, 0.1) is 68.0 Å². The molecule has 144 heavy (non-hydrogen) atoms. The van der Waals surface area contributed by atoms with Gasteiger partial charge in [-0.1, -0.05) is 374 Å². The molecule has 0 saturated heterocycles. The number of halogens is 1. The van der Waals surface area contributed by atoms with Crippen molar-refractivity contribution in [2.45, 2.75) is 314 Å². The fourth-order valence-corrected chi connectivity index (χ4v) is 20.6. The number of hydrogen-bond acceptors (Lipinski definition) is 4. The largest absolute Gasteiger partial charge is 0.354 e. The van der Waals surface area contributed by atoms with Crippen LogP contribution in [0, 0.1) is 0 Å². The summed E-state index contributed by atoms with van der Waals surface area (Å²) in [7, 11) is 0. The number of fused-ring (bicyclic) bond motifs is 16. The molecule has 0 unspecified atom stereocenters. The van der Waals surface area contributed by atoms with Crippen molar-refractivity contribution in [2.75, 3.05) is 0 Å². The minimum absolute atomic E-state index is 0.174. The molecule has 0 fully saturated rings. The molecule has 0 spiro atoms. The molecular weight excluding hydrogens is 1820 g/mol. The van der Waals surface area contributed by atoms with E-state index >= 15 is 0 Å². The van der Waals surface area contributed by atoms with E-state index in [0.717, 1.165) is 189 Å². The minimum Gasteiger partial charge on any atom is -0.354 e. The molecule has 18 rings (SSSR count). The monoisotopic (exact) mass is 1970 g/mol. The van der Waals surface area contributed by atoms with Crippen molar-refractivity contribution in [2.24, 2.45) is 0 Å². The third-order valence-corrected chi connectivity index (χ3v) is 30.2. The fraction of sp³-hybridized carbons (Fsp3) is 0.358. The van der Waals surface area contributed by atoms with Crippen LogP contribution in [-0.2, 0) is 65.0 Å². The van der Waals surface area contributed by atoms with Crippen molar-refractivity contribution in [3.8, 4) is 95.0 Å². The lowest BCUT2D eigenvalue weighted by atomic mass is 9.78. The van der Waals surface area contributed by atoms with Gasteiger partial charge in [0.2, 0.25) is 0 Å². The van der Waals surface area contributed by atoms with Crippen LogP contribution in [-0.4, -0.2) is 44.4 Å². The van der Waals surface area contributed by atoms with Gasteiger partial charge >= 0.3 is 0 Å². The zero-order valence-corrected chi connectivity index (χ0v) is 94.3. The van der Waals surface area contributed by atoms with Crippen LogP contribution < -0.4 is 0 Å². The number of benzene rings is 7. The van der Waals surface area contributed by atoms with Gasteiger partial charge in [-0.05, 0) is 299 Å². The molecule has 0 aliphatic carbocycles. The smallest absolute Gasteiger partial charge is 0.0752 e. The Morgan fingerprint density at radius 3 is 0.458 bits per heavy atom. The normalized spacial score (nSPS) is 13.8. The molecular formula is C134H152BrN9. The highest BCUT2D eigenvalue weighted by Gasteiger charge is 2.35. The Kier molecular flexibility index (Phi) is 25.0. The van der Waals surface area contributed by atoms with Crippen molar-refractivity contribution in [3.05, 3.63) is 311 Å². The average Bonchev–Trinajstić information content (AvgIpc) is 1.58. The molecule has 0 saturated carbocycles. The van der Waals surface area contributed by atoms with Crippen molar-refractivity contribution < 1.29 is 0 Å². The summed E-state index contributed by atoms with van der Waals surface area (Å²) < 4.78 is 3.42. The molecule has 0 atom stereocenters. The quantitative estimate of drug-likeness (QED) is 0.115. The number of hydrogen-bond donors (Lipinski definition) is 4. The second-order valence-electron chi connectivity index (χ2n) is 53.7. The molecule has 4 N–H and O–H groups in total. The number of rotatable bonds is 9. The first-order valence-corrected chi connectivity index (χ1v) is 52.9. The Hall–Kier alpha value is -12.5. The van der Waals surface area contributed by atoms with E-state index in [-0.39, 0.29) is 65.0 Å². The zero-order valence-electron chi connectivity index (χ0n) is 92.7. The maximum Gasteiger partial charge on any atom is 0.0752 e. The lowest BCUT2D eigenvalue weighted by Crippen LogP contribution is -2.16. The molecule has 740 valence electrons. The number of H-pyrrole nitrogens is 4. The first-order chi connectivity index (χ1) is 66.8. The van der Waals surface area contributed by atoms with Gasteiger partial charge < -0.3 is 24.5 Å². The molecule has 10 heteroatoms. The van der Waals surface area contributed by atoms with Crippen LogP contribution in [0.2, 0.25) is 0 Å². The van der Waals surface area contributed by atoms with Gasteiger partial charge in [0.1, 0.15) is 0 Å². The average molecular weight is 1970 g/mol. The summed E-state index contributed by atoms with van der Waals surface area (Å²) in [5.41, 5.74) is 43.6. The highest BCUT2D eigenvalue weighted by atomic mass is 79.9. The van der Waals surface area contributed by atoms with E-state index < -0.39 is 0 Å². The molecule has 0 radical (unpaired) electrons. The molecule has 0 amide bonds. The lowest BCUT2D eigenvalue weighted by Gasteiger charge is -2.26. The second kappa shape index (κ2) is 35.4. The van der Waals surface area contributed by atoms with E-state index in [2.05, 4.69) is 532 Å². The zero-order chi connectivity index (χ0) is 104. The third kappa shape index (κ3) is 20.1. The van der Waals surface area contributed by atoms with Crippen molar-refractivity contribution in [1.29, 1.82) is 0 Å². The highest BCUT2D eigenvalue weighted by Crippen LogP contribution is 2.51. The topological polar surface area (TPSA) is 120 Å². The van der Waals surface area contributed by atoms with E-state index in [9.17, 15) is 0 Å². The van der Waals surface area contributed by atoms with Crippen LogP contribution >= 0.6 is 15.9 Å². The third-order valence-electron chi connectivity index (χ3n) is 29.7. The van der Waals surface area contributed by atoms with Gasteiger partial charge in [0.25, 0.3) is 0 Å². The maximum absolute atomic E-state index is 6.24. The Balaban J connectivity index is 1.04. The van der Waals surface area contributed by atoms with Gasteiger partial charge in [0, 0.05) is 87.8 Å². The number of aromatic nitrogens is 9. The minimum atomic E-state index is -0.211. The predicted octanol–water partition coefficient (Wildman–Crippen LogP) is 38.1. The molecule has 7 aromatic carbocycles. The Morgan fingerprint density at radius 2 is 0.312 bits per heavy atom. The standard InChI is InChI=1S/C134H152BrN9/c1-123(2,3)83-59-77(60-84(71-83)124(4,5)6)115-97-41-45-101(136-97)117(79-63-87(127(13,14)15)73-88(64-79)128(16,17)18)105-49-53-109(140-105)121(110-54-50-106(141-110)118(102-46-42-98(115)137-102)80-65-89(129(19,20)21)74-90(66-80)130(22,23)24)113-57-58-114(144(113)96-39-37-95(135)38-40-96)122-111-55-51-107(142-111)119(81-67-91(131(25,26)27)75-92(68-81)132(28,29)30)103-47-43-99(138-103)116(78-61-85(125(7,8)9)72-86(62-78)126(10,11)12)100-44-48-104(139-100)120(108-52-56-112(122)143-108)82-69-93(133(31,32)33)76-94(70-82)134(34,35)36/h37-76,136,138,141,143H,1-36H3. The molecule has 4 aliphatic heterocycles. The maximum atomic E-state index is 6.24. The van der Waals surface area contributed by atoms with E-state index in [4.69, 9.17) is 19.9 Å². The molecule has 4 aliphatic rings. The number of aromatic amines is 4. The van der Waals surface area contributed by atoms with Crippen LogP contribution in [0.4, 0.5) is 0 Å². The molecule has 7 aromatic heterocycles. The SMILES string of the molecule is CC(C)(C)c1cc(-c2c3nc(c(-c4cc(C(C)(C)C)cc(C(C)(C)C)c4)c4ccc([nH]4)c(-c4ccc(-c5c6nc(c(-c7cc(C(C)(C)C)cc(C(C)(C)C)c7)c7ccc([nH]7)c(-c7cc(C(C)(C)C)cc(C(C)(C)C)c7)c7nc(c(-c8cc(C(C)(C)C)cc(C(C)(C)C)c8)c8ccc5[nH]8)C=C7)C=C6)n4-c4ccc(Br)cc4)c4nc(c(-c5cc(C(C)(C)C)cc(C(C)(C)C)c5)c5ccc2[nH]5)C=C4)C=C3)cc(C(C)(C)C)c1. The van der Waals surface area contributed by atoms with Gasteiger partial charge in [0.15, 0.2) is 0 Å². The Morgan fingerprint density at radius 1 is 0.174 bits per heavy atom. The Labute approximate surface area is 866 Å². The predicted molar refractivity (Wildman–Crippen MR) is 626 cm³/mol. The first-order valence-electron chi connectivity index (χ1n) is 52.1. The number of nitrogens with zero attached hydrogens (tertiary/aromatic N) is 5. The second-order valence-corrected chi connectivity index (χ2v) is 54.6. The van der Waals surface area contributed by atoms with Gasteiger partial charge in [-0.3, -0.25) is 0 Å². The first kappa shape index (κ1) is 102. The lowest BCUT2D eigenvalue weighted by molar-refractivity contribution is 0.568. The van der Waals surface area contributed by atoms with Crippen molar-refractivity contribution in [1.82, 2.24) is 44.4 Å². The van der Waals surface area contributed by atoms with E-state index in [1.807, 2.05) is 0 Å². The molecule has 11 heterocycles. The fourth-order valence-electron chi connectivity index (χ4n) is 20.3. The summed E-state index contributed by atoms with van der Waals surface area (Å²) in [6.45, 7) is 84.0. The summed E-state index contributed by atoms with van der Waals surface area (Å²) in [5.74, 6) is 0. The van der Waals surface area contributed by atoms with Crippen molar-refractivity contribution >= 4 is 109 Å². The van der Waals surface area contributed by atoms with Gasteiger partial charge in [-0.25, -0.2) is 19.9 Å². The Bertz CT molecular complexity index is 7270. The van der Waals surface area contributed by atoms with Crippen LogP contribution in [0.1, 0.15) is 362 Å². The van der Waals surface area contributed by atoms with E-state index in [0.29, 0.717) is 0 Å². The van der Waals surface area contributed by atoms with Crippen molar-refractivity contribution in [3.63, 3.8) is 0 Å². The van der Waals surface area contributed by atoms with Crippen LogP contribution in [0.15, 0.2) is 199 Å². The van der Waals surface area contributed by atoms with Crippen LogP contribution in [0.3, 0.4) is 0 Å². The van der Waals surface area contributed by atoms with Gasteiger partial charge in [-0.15, -0.1) is 0 Å². The van der Waals surface area contributed by atoms with E-state index in [1.165, 1.54) is 66.8 Å². The summed E-state index contributed by atoms with van der Waals surface area (Å²) >= 11 is 3.99. The summed E-state index contributed by atoms with van der Waals surface area (Å²) in [4.78, 5) is 41.8.